The van der Waals surface area contributed by atoms with Gasteiger partial charge in [-0.05, 0) is 69.7 Å². The van der Waals surface area contributed by atoms with Crippen molar-refractivity contribution in [1.29, 1.82) is 0 Å². The topological polar surface area (TPSA) is 44.8 Å². The molecule has 0 aliphatic heterocycles. The van der Waals surface area contributed by atoms with Crippen LogP contribution in [0, 0.1) is 17.3 Å². The first-order valence-electron chi connectivity index (χ1n) is 15.7. The molecule has 4 nitrogen and oxygen atoms in total. The maximum absolute atomic E-state index is 13.1. The molecule has 0 spiro atoms. The molecule has 232 valence electrons. The van der Waals surface area contributed by atoms with Gasteiger partial charge >= 0.3 is 5.97 Å². The Kier molecular flexibility index (Phi) is 10.9. The van der Waals surface area contributed by atoms with Crippen molar-refractivity contribution in [3.63, 3.8) is 0 Å². The second-order valence-corrected chi connectivity index (χ2v) is 24.2. The van der Waals surface area contributed by atoms with Gasteiger partial charge in [0.2, 0.25) is 0 Å². The number of carbonyl (C=O) groups is 1. The highest BCUT2D eigenvalue weighted by molar-refractivity contribution is 6.99. The van der Waals surface area contributed by atoms with Crippen LogP contribution in [0.3, 0.4) is 0 Å². The Hall–Kier alpha value is -2.00. The number of rotatable bonds is 11. The number of esters is 1. The van der Waals surface area contributed by atoms with E-state index in [0.29, 0.717) is 6.61 Å². The third-order valence-corrected chi connectivity index (χ3v) is 19.5. The van der Waals surface area contributed by atoms with E-state index in [9.17, 15) is 4.79 Å². The molecule has 0 radical (unpaired) electrons. The smallest absolute Gasteiger partial charge is 0.309 e. The zero-order valence-corrected chi connectivity index (χ0v) is 30.2. The molecule has 42 heavy (non-hydrogen) atoms. The van der Waals surface area contributed by atoms with Gasteiger partial charge in [0.25, 0.3) is 8.32 Å². The van der Waals surface area contributed by atoms with Gasteiger partial charge in [0.05, 0.1) is 19.6 Å². The molecule has 6 heteroatoms. The van der Waals surface area contributed by atoms with Crippen molar-refractivity contribution < 1.29 is 18.4 Å². The van der Waals surface area contributed by atoms with Gasteiger partial charge in [-0.3, -0.25) is 4.79 Å². The van der Waals surface area contributed by atoms with E-state index < -0.39 is 16.6 Å². The Morgan fingerprint density at radius 3 is 1.86 bits per heavy atom. The number of benzene rings is 2. The minimum absolute atomic E-state index is 0.0902. The average molecular weight is 609 g/mol. The van der Waals surface area contributed by atoms with Crippen LogP contribution < -0.4 is 10.4 Å². The van der Waals surface area contributed by atoms with Crippen LogP contribution in [0.15, 0.2) is 72.3 Å². The maximum Gasteiger partial charge on any atom is 0.309 e. The summed E-state index contributed by atoms with van der Waals surface area (Å²) in [5.41, 5.74) is 0.969. The highest BCUT2D eigenvalue weighted by Crippen LogP contribution is 2.47. The van der Waals surface area contributed by atoms with Crippen LogP contribution in [0.2, 0.25) is 23.2 Å². The quantitative estimate of drug-likeness (QED) is 0.112. The van der Waals surface area contributed by atoms with E-state index in [1.54, 1.807) is 0 Å². The summed E-state index contributed by atoms with van der Waals surface area (Å²) in [4.78, 5) is 13.1. The molecule has 0 aromatic heterocycles. The summed E-state index contributed by atoms with van der Waals surface area (Å²) >= 11 is 0. The summed E-state index contributed by atoms with van der Waals surface area (Å²) in [6.07, 6.45) is 4.91. The predicted octanol–water partition coefficient (Wildman–Crippen LogP) is 8.13. The van der Waals surface area contributed by atoms with Crippen LogP contribution in [0.1, 0.15) is 74.7 Å². The van der Waals surface area contributed by atoms with E-state index in [1.807, 2.05) is 0 Å². The van der Waals surface area contributed by atoms with Gasteiger partial charge in [-0.25, -0.2) is 0 Å². The summed E-state index contributed by atoms with van der Waals surface area (Å²) in [7, 11) is -2.98. The second kappa shape index (κ2) is 13.3. The Labute approximate surface area is 258 Å². The van der Waals surface area contributed by atoms with Gasteiger partial charge in [-0.15, -0.1) is 0 Å². The zero-order chi connectivity index (χ0) is 31.4. The minimum Gasteiger partial charge on any atom is -0.469 e. The first-order valence-corrected chi connectivity index (χ1v) is 20.5. The van der Waals surface area contributed by atoms with Crippen LogP contribution in [0.5, 0.6) is 0 Å². The van der Waals surface area contributed by atoms with Crippen LogP contribution in [-0.4, -0.2) is 42.9 Å². The molecule has 0 saturated carbocycles. The second-order valence-electron chi connectivity index (χ2n) is 15.1. The molecular formula is C36H56O4Si2. The van der Waals surface area contributed by atoms with Crippen LogP contribution in [0.25, 0.3) is 0 Å². The lowest BCUT2D eigenvalue weighted by Gasteiger charge is -2.45. The van der Waals surface area contributed by atoms with Gasteiger partial charge in [0.1, 0.15) is 0 Å². The maximum atomic E-state index is 13.1. The van der Waals surface area contributed by atoms with E-state index in [1.165, 1.54) is 23.1 Å². The first-order chi connectivity index (χ1) is 19.5. The molecule has 2 aromatic carbocycles. The number of allylic oxidation sites excluding steroid dienone is 1. The largest absolute Gasteiger partial charge is 0.469 e. The van der Waals surface area contributed by atoms with Crippen molar-refractivity contribution in [1.82, 2.24) is 0 Å². The Balaban J connectivity index is 1.95. The zero-order valence-electron chi connectivity index (χ0n) is 28.2. The lowest BCUT2D eigenvalue weighted by molar-refractivity contribution is -0.150. The Bertz CT molecular complexity index is 1150. The molecule has 1 aliphatic rings. The predicted molar refractivity (Wildman–Crippen MR) is 181 cm³/mol. The van der Waals surface area contributed by atoms with Crippen molar-refractivity contribution in [3.8, 4) is 0 Å². The van der Waals surface area contributed by atoms with E-state index in [-0.39, 0.29) is 33.3 Å². The standard InChI is InChI=1S/C36H56O4Si2/c1-28-25-32(33(37)38-9)36(8,23-18-24-39-41(10,11)34(2,3)4)26-29(28)27-40-42(35(5,6)7,30-19-14-12-15-20-30)31-21-16-13-17-22-31/h12-17,19-22,26,28,32H,18,23-25,27H2,1-11H3/t28-,32-,36+/m1/s1. The summed E-state index contributed by atoms with van der Waals surface area (Å²) < 4.78 is 19.2. The molecule has 0 fully saturated rings. The van der Waals surface area contributed by atoms with Gasteiger partial charge in [-0.1, -0.05) is 122 Å². The molecule has 0 saturated heterocycles. The highest BCUT2D eigenvalue weighted by Gasteiger charge is 2.51. The Morgan fingerprint density at radius 1 is 0.881 bits per heavy atom. The molecule has 0 bridgehead atoms. The molecular weight excluding hydrogens is 553 g/mol. The third kappa shape index (κ3) is 7.37. The molecule has 3 atom stereocenters. The summed E-state index contributed by atoms with van der Waals surface area (Å²) in [5.74, 6) is -0.0660. The van der Waals surface area contributed by atoms with Gasteiger partial charge in [0, 0.05) is 6.61 Å². The van der Waals surface area contributed by atoms with E-state index in [0.717, 1.165) is 25.9 Å². The number of methoxy groups -OCH3 is 1. The van der Waals surface area contributed by atoms with Crippen molar-refractivity contribution in [2.24, 2.45) is 17.3 Å². The average Bonchev–Trinajstić information content (AvgIpc) is 2.92. The molecule has 0 amide bonds. The molecule has 1 aliphatic carbocycles. The monoisotopic (exact) mass is 608 g/mol. The van der Waals surface area contributed by atoms with Crippen molar-refractivity contribution in [2.45, 2.75) is 97.8 Å². The van der Waals surface area contributed by atoms with E-state index in [4.69, 9.17) is 13.6 Å². The number of hydrogen-bond acceptors (Lipinski definition) is 4. The molecule has 0 N–H and O–H groups in total. The lowest BCUT2D eigenvalue weighted by Crippen LogP contribution is -2.66. The van der Waals surface area contributed by atoms with Crippen LogP contribution in [0.4, 0.5) is 0 Å². The normalized spacial score (nSPS) is 22.0. The molecule has 3 rings (SSSR count). The van der Waals surface area contributed by atoms with Gasteiger partial charge < -0.3 is 13.6 Å². The minimum atomic E-state index is -2.67. The van der Waals surface area contributed by atoms with E-state index >= 15 is 0 Å². The summed E-state index contributed by atoms with van der Waals surface area (Å²) in [6, 6.07) is 21.6. The fourth-order valence-electron chi connectivity index (χ4n) is 6.33. The van der Waals surface area contributed by atoms with Crippen molar-refractivity contribution in [2.75, 3.05) is 20.3 Å². The lowest BCUT2D eigenvalue weighted by atomic mass is 9.64. The summed E-state index contributed by atoms with van der Waals surface area (Å²) in [5, 5.41) is 2.65. The molecule has 0 unspecified atom stereocenters. The fraction of sp³-hybridized carbons (Fsp3) is 0.583. The SMILES string of the molecule is COC(=O)[C@H]1C[C@@H](C)C(CO[Si](c2ccccc2)(c2ccccc2)C(C)(C)C)=C[C@]1(C)CCCO[Si](C)(C)C(C)(C)C. The van der Waals surface area contributed by atoms with Crippen molar-refractivity contribution >= 4 is 33.0 Å². The third-order valence-electron chi connectivity index (χ3n) is 10.0. The molecule has 0 heterocycles. The van der Waals surface area contributed by atoms with Gasteiger partial charge in [-0.2, -0.15) is 0 Å². The van der Waals surface area contributed by atoms with Crippen molar-refractivity contribution in [3.05, 3.63) is 72.3 Å². The van der Waals surface area contributed by atoms with Crippen LogP contribution >= 0.6 is 0 Å². The fourth-order valence-corrected chi connectivity index (χ4v) is 12.0. The molecule has 2 aromatic rings. The number of ether oxygens (including phenoxy) is 1. The van der Waals surface area contributed by atoms with Gasteiger partial charge in [0.15, 0.2) is 8.32 Å². The first kappa shape index (κ1) is 34.5. The van der Waals surface area contributed by atoms with Crippen LogP contribution in [-0.2, 0) is 18.4 Å². The number of carbonyl (C=O) groups excluding carboxylic acids is 1. The highest BCUT2D eigenvalue weighted by atomic mass is 28.4. The number of hydrogen-bond donors (Lipinski definition) is 0. The Morgan fingerprint density at radius 2 is 1.40 bits per heavy atom. The summed E-state index contributed by atoms with van der Waals surface area (Å²) in [6.45, 7) is 24.1. The van der Waals surface area contributed by atoms with E-state index in [2.05, 4.69) is 135 Å².